The first kappa shape index (κ1) is 18.7. The van der Waals surface area contributed by atoms with Crippen LogP contribution in [0, 0.1) is 0 Å². The molecule has 3 aromatic rings. The number of piperidine rings is 1. The number of aryl methyl sites for hydroxylation is 1. The molecular formula is C19H21BrN6O2. The number of halogens is 1. The molecule has 4 rings (SSSR count). The zero-order valence-electron chi connectivity index (χ0n) is 15.4. The lowest BCUT2D eigenvalue weighted by Crippen LogP contribution is -2.43. The van der Waals surface area contributed by atoms with Gasteiger partial charge in [0.05, 0.1) is 26.8 Å². The quantitative estimate of drug-likeness (QED) is 0.573. The number of fused-ring (bicyclic) bond motifs is 1. The molecule has 0 aliphatic carbocycles. The van der Waals surface area contributed by atoms with Crippen molar-refractivity contribution in [1.29, 1.82) is 0 Å². The van der Waals surface area contributed by atoms with Crippen LogP contribution in [0.15, 0.2) is 40.0 Å². The van der Waals surface area contributed by atoms with Crippen LogP contribution in [0.5, 0.6) is 0 Å². The van der Waals surface area contributed by atoms with E-state index in [9.17, 15) is 9.59 Å². The third-order valence-electron chi connectivity index (χ3n) is 5.00. The van der Waals surface area contributed by atoms with Crippen LogP contribution in [0.4, 0.5) is 11.4 Å². The second kappa shape index (κ2) is 7.40. The Morgan fingerprint density at radius 2 is 2.25 bits per heavy atom. The highest BCUT2D eigenvalue weighted by molar-refractivity contribution is 9.10. The van der Waals surface area contributed by atoms with Gasteiger partial charge in [-0.1, -0.05) is 0 Å². The molecule has 3 aromatic heterocycles. The fourth-order valence-electron chi connectivity index (χ4n) is 3.60. The lowest BCUT2D eigenvalue weighted by molar-refractivity contribution is 0.102. The molecule has 0 radical (unpaired) electrons. The molecule has 0 unspecified atom stereocenters. The maximum atomic E-state index is 12.7. The molecule has 0 aromatic carbocycles. The average Bonchev–Trinajstić information content (AvgIpc) is 3.06. The molecule has 28 heavy (non-hydrogen) atoms. The van der Waals surface area contributed by atoms with E-state index in [1.54, 1.807) is 19.4 Å². The van der Waals surface area contributed by atoms with Gasteiger partial charge in [0, 0.05) is 50.8 Å². The fourth-order valence-corrected chi connectivity index (χ4v) is 4.15. The van der Waals surface area contributed by atoms with E-state index in [0.29, 0.717) is 16.9 Å². The van der Waals surface area contributed by atoms with E-state index in [1.807, 2.05) is 0 Å². The van der Waals surface area contributed by atoms with Crippen molar-refractivity contribution >= 4 is 44.2 Å². The minimum atomic E-state index is -0.294. The number of H-pyrrole nitrogens is 1. The topological polar surface area (TPSA) is 109 Å². The van der Waals surface area contributed by atoms with Gasteiger partial charge in [0.15, 0.2) is 0 Å². The molecule has 4 N–H and O–H groups in total. The van der Waals surface area contributed by atoms with Crippen molar-refractivity contribution < 1.29 is 4.79 Å². The standard InChI is InChI=1S/C19H21BrN6O2/c1-25-9-11(4-5-15(25)27)19(28)24-14-8-23-18-16(14)17(13(20)7-22-18)26-6-2-3-12(21)10-26/h4-5,7-9,12H,2-3,6,10,21H2,1H3,(H,22,23)(H,24,28)/t12-/m1/s1. The minimum Gasteiger partial charge on any atom is -0.368 e. The molecule has 0 saturated carbocycles. The summed E-state index contributed by atoms with van der Waals surface area (Å²) in [6, 6.07) is 3.01. The predicted octanol–water partition coefficient (Wildman–Crippen LogP) is 2.20. The SMILES string of the molecule is Cn1cc(C(=O)Nc2c[nH]c3ncc(Br)c(N4CCC[C@@H](N)C4)c23)ccc1=O. The summed E-state index contributed by atoms with van der Waals surface area (Å²) in [6.45, 7) is 1.64. The fraction of sp³-hybridized carbons (Fsp3) is 0.316. The number of hydrogen-bond acceptors (Lipinski definition) is 5. The summed E-state index contributed by atoms with van der Waals surface area (Å²) in [5, 5.41) is 3.78. The van der Waals surface area contributed by atoms with Crippen molar-refractivity contribution in [3.05, 3.63) is 51.1 Å². The smallest absolute Gasteiger partial charge is 0.257 e. The van der Waals surface area contributed by atoms with Crippen LogP contribution in [0.2, 0.25) is 0 Å². The van der Waals surface area contributed by atoms with E-state index in [2.05, 4.69) is 36.1 Å². The van der Waals surface area contributed by atoms with Crippen molar-refractivity contribution in [1.82, 2.24) is 14.5 Å². The molecule has 1 amide bonds. The second-order valence-corrected chi connectivity index (χ2v) is 7.90. The number of carbonyl (C=O) groups is 1. The monoisotopic (exact) mass is 444 g/mol. The zero-order valence-corrected chi connectivity index (χ0v) is 17.0. The predicted molar refractivity (Wildman–Crippen MR) is 113 cm³/mol. The van der Waals surface area contributed by atoms with Crippen LogP contribution in [-0.2, 0) is 7.05 Å². The first-order chi connectivity index (χ1) is 13.4. The number of rotatable bonds is 3. The average molecular weight is 445 g/mol. The Morgan fingerprint density at radius 1 is 1.43 bits per heavy atom. The van der Waals surface area contributed by atoms with E-state index in [-0.39, 0.29) is 17.5 Å². The van der Waals surface area contributed by atoms with Crippen molar-refractivity contribution in [2.75, 3.05) is 23.3 Å². The number of hydrogen-bond donors (Lipinski definition) is 3. The largest absolute Gasteiger partial charge is 0.368 e. The number of nitrogens with one attached hydrogen (secondary N) is 2. The Bertz CT molecular complexity index is 1110. The Kier molecular flexibility index (Phi) is 4.94. The molecule has 0 bridgehead atoms. The Labute approximate surface area is 169 Å². The molecule has 1 atom stereocenters. The lowest BCUT2D eigenvalue weighted by Gasteiger charge is -2.33. The van der Waals surface area contributed by atoms with Gasteiger partial charge in [0.2, 0.25) is 5.56 Å². The molecule has 1 aliphatic heterocycles. The molecule has 1 aliphatic rings. The van der Waals surface area contributed by atoms with E-state index >= 15 is 0 Å². The second-order valence-electron chi connectivity index (χ2n) is 7.05. The van der Waals surface area contributed by atoms with Crippen molar-refractivity contribution in [3.63, 3.8) is 0 Å². The third kappa shape index (κ3) is 3.43. The van der Waals surface area contributed by atoms with Crippen LogP contribution < -0.4 is 21.5 Å². The van der Waals surface area contributed by atoms with Gasteiger partial charge < -0.3 is 25.5 Å². The van der Waals surface area contributed by atoms with E-state index in [4.69, 9.17) is 5.73 Å². The highest BCUT2D eigenvalue weighted by Gasteiger charge is 2.24. The van der Waals surface area contributed by atoms with Gasteiger partial charge in [-0.25, -0.2) is 4.98 Å². The third-order valence-corrected chi connectivity index (χ3v) is 5.58. The molecule has 9 heteroatoms. The van der Waals surface area contributed by atoms with E-state index < -0.39 is 0 Å². The Hall–Kier alpha value is -2.65. The molecule has 1 fully saturated rings. The van der Waals surface area contributed by atoms with Gasteiger partial charge in [-0.2, -0.15) is 0 Å². The van der Waals surface area contributed by atoms with Gasteiger partial charge in [-0.15, -0.1) is 0 Å². The number of amides is 1. The van der Waals surface area contributed by atoms with Gasteiger partial charge in [-0.3, -0.25) is 9.59 Å². The van der Waals surface area contributed by atoms with Gasteiger partial charge in [0.25, 0.3) is 5.91 Å². The van der Waals surface area contributed by atoms with Crippen LogP contribution in [-0.4, -0.2) is 39.6 Å². The van der Waals surface area contributed by atoms with Crippen LogP contribution >= 0.6 is 15.9 Å². The number of nitrogens with two attached hydrogens (primary N) is 1. The summed E-state index contributed by atoms with van der Waals surface area (Å²) in [4.78, 5) is 34.1. The van der Waals surface area contributed by atoms with Crippen LogP contribution in [0.25, 0.3) is 11.0 Å². The van der Waals surface area contributed by atoms with Crippen LogP contribution in [0.1, 0.15) is 23.2 Å². The molecule has 8 nitrogen and oxygen atoms in total. The summed E-state index contributed by atoms with van der Waals surface area (Å²) in [5.74, 6) is -0.294. The molecule has 146 valence electrons. The maximum absolute atomic E-state index is 12.7. The molecule has 4 heterocycles. The number of pyridine rings is 2. The number of aromatic amines is 1. The summed E-state index contributed by atoms with van der Waals surface area (Å²) in [6.07, 6.45) is 7.03. The zero-order chi connectivity index (χ0) is 19.8. The summed E-state index contributed by atoms with van der Waals surface area (Å²) in [5.41, 5.74) is 8.71. The number of carbonyl (C=O) groups excluding carboxylic acids is 1. The number of nitrogens with zero attached hydrogens (tertiary/aromatic N) is 3. The lowest BCUT2D eigenvalue weighted by atomic mass is 10.1. The molecule has 0 spiro atoms. The molecule has 1 saturated heterocycles. The molecular weight excluding hydrogens is 424 g/mol. The van der Waals surface area contributed by atoms with E-state index in [1.165, 1.54) is 22.9 Å². The Balaban J connectivity index is 1.73. The normalized spacial score (nSPS) is 17.1. The van der Waals surface area contributed by atoms with Gasteiger partial charge >= 0.3 is 0 Å². The van der Waals surface area contributed by atoms with Crippen LogP contribution in [0.3, 0.4) is 0 Å². The van der Waals surface area contributed by atoms with Gasteiger partial charge in [-0.05, 0) is 34.8 Å². The highest BCUT2D eigenvalue weighted by atomic mass is 79.9. The van der Waals surface area contributed by atoms with Crippen molar-refractivity contribution in [3.8, 4) is 0 Å². The summed E-state index contributed by atoms with van der Waals surface area (Å²) < 4.78 is 2.23. The van der Waals surface area contributed by atoms with Gasteiger partial charge in [0.1, 0.15) is 5.65 Å². The summed E-state index contributed by atoms with van der Waals surface area (Å²) >= 11 is 3.61. The Morgan fingerprint density at radius 3 is 3.00 bits per heavy atom. The summed E-state index contributed by atoms with van der Waals surface area (Å²) in [7, 11) is 1.61. The number of aromatic nitrogens is 3. The minimum absolute atomic E-state index is 0.117. The number of anilines is 2. The van der Waals surface area contributed by atoms with E-state index in [0.717, 1.165) is 41.5 Å². The van der Waals surface area contributed by atoms with Crippen molar-refractivity contribution in [2.45, 2.75) is 18.9 Å². The van der Waals surface area contributed by atoms with Crippen molar-refractivity contribution in [2.24, 2.45) is 12.8 Å². The highest BCUT2D eigenvalue weighted by Crippen LogP contribution is 2.38. The first-order valence-electron chi connectivity index (χ1n) is 9.08. The maximum Gasteiger partial charge on any atom is 0.257 e. The first-order valence-corrected chi connectivity index (χ1v) is 9.87.